The van der Waals surface area contributed by atoms with Crippen LogP contribution in [0.3, 0.4) is 0 Å². The number of methoxy groups -OCH3 is 1. The van der Waals surface area contributed by atoms with Gasteiger partial charge < -0.3 is 14.6 Å². The van der Waals surface area contributed by atoms with Gasteiger partial charge in [0.25, 0.3) is 5.56 Å². The van der Waals surface area contributed by atoms with Crippen LogP contribution in [0.5, 0.6) is 0 Å². The Kier molecular flexibility index (Phi) is 4.90. The van der Waals surface area contributed by atoms with E-state index in [0.717, 1.165) is 11.3 Å². The van der Waals surface area contributed by atoms with Crippen LogP contribution in [0, 0.1) is 5.82 Å². The SMILES string of the molecule is COCCn1cc(NCc2ccc(F)cc2)ccc1=O. The van der Waals surface area contributed by atoms with Gasteiger partial charge in [0.05, 0.1) is 12.3 Å². The van der Waals surface area contributed by atoms with E-state index in [0.29, 0.717) is 19.7 Å². The molecule has 1 N–H and O–H groups in total. The summed E-state index contributed by atoms with van der Waals surface area (Å²) in [6, 6.07) is 9.55. The number of hydrogen-bond donors (Lipinski definition) is 1. The molecular formula is C15H17FN2O2. The number of aromatic nitrogens is 1. The van der Waals surface area contributed by atoms with E-state index < -0.39 is 0 Å². The van der Waals surface area contributed by atoms with Crippen molar-refractivity contribution in [2.45, 2.75) is 13.1 Å². The van der Waals surface area contributed by atoms with E-state index >= 15 is 0 Å². The number of benzene rings is 1. The van der Waals surface area contributed by atoms with Gasteiger partial charge in [0.1, 0.15) is 5.82 Å². The quantitative estimate of drug-likeness (QED) is 0.880. The van der Waals surface area contributed by atoms with Gasteiger partial charge in [-0.15, -0.1) is 0 Å². The Morgan fingerprint density at radius 1 is 1.20 bits per heavy atom. The lowest BCUT2D eigenvalue weighted by atomic mass is 10.2. The average Bonchev–Trinajstić information content (AvgIpc) is 2.46. The predicted octanol–water partition coefficient (Wildman–Crippen LogP) is 2.25. The molecule has 0 unspecified atom stereocenters. The molecule has 1 aromatic heterocycles. The lowest BCUT2D eigenvalue weighted by Crippen LogP contribution is -2.21. The largest absolute Gasteiger partial charge is 0.383 e. The zero-order valence-electron chi connectivity index (χ0n) is 11.3. The Bertz CT molecular complexity index is 608. The van der Waals surface area contributed by atoms with Crippen molar-refractivity contribution in [3.05, 3.63) is 64.3 Å². The van der Waals surface area contributed by atoms with Gasteiger partial charge in [-0.2, -0.15) is 0 Å². The summed E-state index contributed by atoms with van der Waals surface area (Å²) in [5.74, 6) is -0.248. The second kappa shape index (κ2) is 6.86. The van der Waals surface area contributed by atoms with Crippen molar-refractivity contribution in [1.82, 2.24) is 4.57 Å². The highest BCUT2D eigenvalue weighted by Crippen LogP contribution is 2.08. The maximum atomic E-state index is 12.8. The number of nitrogens with one attached hydrogen (secondary N) is 1. The third-order valence-electron chi connectivity index (χ3n) is 2.93. The van der Waals surface area contributed by atoms with Crippen molar-refractivity contribution < 1.29 is 9.13 Å². The zero-order chi connectivity index (χ0) is 14.4. The fourth-order valence-corrected chi connectivity index (χ4v) is 1.81. The molecule has 0 bridgehead atoms. The highest BCUT2D eigenvalue weighted by Gasteiger charge is 1.99. The van der Waals surface area contributed by atoms with Crippen LogP contribution in [0.1, 0.15) is 5.56 Å². The second-order valence-corrected chi connectivity index (χ2v) is 4.42. The van der Waals surface area contributed by atoms with Crippen LogP contribution >= 0.6 is 0 Å². The van der Waals surface area contributed by atoms with Crippen molar-refractivity contribution in [3.63, 3.8) is 0 Å². The third kappa shape index (κ3) is 3.93. The first kappa shape index (κ1) is 14.3. The van der Waals surface area contributed by atoms with Crippen molar-refractivity contribution in [2.24, 2.45) is 0 Å². The molecule has 0 aliphatic rings. The number of ether oxygens (including phenoxy) is 1. The molecule has 0 fully saturated rings. The molecule has 1 heterocycles. The van der Waals surface area contributed by atoms with E-state index in [2.05, 4.69) is 5.32 Å². The number of halogens is 1. The van der Waals surface area contributed by atoms with Crippen molar-refractivity contribution in [3.8, 4) is 0 Å². The number of nitrogens with zero attached hydrogens (tertiary/aromatic N) is 1. The summed E-state index contributed by atoms with van der Waals surface area (Å²) < 4.78 is 19.4. The first-order valence-electron chi connectivity index (χ1n) is 6.37. The summed E-state index contributed by atoms with van der Waals surface area (Å²) in [4.78, 5) is 11.6. The minimum Gasteiger partial charge on any atom is -0.383 e. The van der Waals surface area contributed by atoms with Crippen molar-refractivity contribution in [2.75, 3.05) is 19.0 Å². The summed E-state index contributed by atoms with van der Waals surface area (Å²) in [5.41, 5.74) is 1.75. The van der Waals surface area contributed by atoms with E-state index in [4.69, 9.17) is 4.74 Å². The molecule has 0 atom stereocenters. The first-order chi connectivity index (χ1) is 9.69. The summed E-state index contributed by atoms with van der Waals surface area (Å²) >= 11 is 0. The normalized spacial score (nSPS) is 10.5. The molecule has 1 aromatic carbocycles. The lowest BCUT2D eigenvalue weighted by Gasteiger charge is -2.10. The highest BCUT2D eigenvalue weighted by molar-refractivity contribution is 5.41. The summed E-state index contributed by atoms with van der Waals surface area (Å²) in [6.07, 6.45) is 1.75. The van der Waals surface area contributed by atoms with Gasteiger partial charge >= 0.3 is 0 Å². The van der Waals surface area contributed by atoms with Gasteiger partial charge in [0, 0.05) is 32.5 Å². The molecule has 0 saturated carbocycles. The summed E-state index contributed by atoms with van der Waals surface area (Å²) in [6.45, 7) is 1.57. The van der Waals surface area contributed by atoms with Gasteiger partial charge in [-0.3, -0.25) is 4.79 Å². The van der Waals surface area contributed by atoms with Crippen molar-refractivity contribution >= 4 is 5.69 Å². The van der Waals surface area contributed by atoms with E-state index in [-0.39, 0.29) is 11.4 Å². The van der Waals surface area contributed by atoms with Crippen molar-refractivity contribution in [1.29, 1.82) is 0 Å². The monoisotopic (exact) mass is 276 g/mol. The maximum absolute atomic E-state index is 12.8. The molecule has 0 aliphatic heterocycles. The molecule has 0 aliphatic carbocycles. The topological polar surface area (TPSA) is 43.3 Å². The van der Waals surface area contributed by atoms with Gasteiger partial charge in [0.15, 0.2) is 0 Å². The van der Waals surface area contributed by atoms with E-state index in [1.807, 2.05) is 0 Å². The molecule has 0 radical (unpaired) electrons. The predicted molar refractivity (Wildman–Crippen MR) is 76.3 cm³/mol. The number of pyridine rings is 1. The van der Waals surface area contributed by atoms with Gasteiger partial charge in [-0.25, -0.2) is 4.39 Å². The van der Waals surface area contributed by atoms with Crippen LogP contribution < -0.4 is 10.9 Å². The van der Waals surface area contributed by atoms with Crippen LogP contribution in [0.15, 0.2) is 47.4 Å². The fraction of sp³-hybridized carbons (Fsp3) is 0.267. The van der Waals surface area contributed by atoms with E-state index in [9.17, 15) is 9.18 Å². The Balaban J connectivity index is 2.02. The van der Waals surface area contributed by atoms with Gasteiger partial charge in [0.2, 0.25) is 0 Å². The summed E-state index contributed by atoms with van der Waals surface area (Å²) in [7, 11) is 1.60. The number of hydrogen-bond acceptors (Lipinski definition) is 3. The second-order valence-electron chi connectivity index (χ2n) is 4.42. The standard InChI is InChI=1S/C15H17FN2O2/c1-20-9-8-18-11-14(6-7-15(18)19)17-10-12-2-4-13(16)5-3-12/h2-7,11,17H,8-10H2,1H3. The van der Waals surface area contributed by atoms with E-state index in [1.54, 1.807) is 36.1 Å². The molecule has 0 saturated heterocycles. The summed E-state index contributed by atoms with van der Waals surface area (Å²) in [5, 5.41) is 3.20. The molecular weight excluding hydrogens is 259 g/mol. The van der Waals surface area contributed by atoms with Crippen LogP contribution in [-0.4, -0.2) is 18.3 Å². The van der Waals surface area contributed by atoms with Crippen LogP contribution in [0.25, 0.3) is 0 Å². The molecule has 20 heavy (non-hydrogen) atoms. The molecule has 0 amide bonds. The van der Waals surface area contributed by atoms with E-state index in [1.165, 1.54) is 18.2 Å². The first-order valence-corrected chi connectivity index (χ1v) is 6.37. The highest BCUT2D eigenvalue weighted by atomic mass is 19.1. The number of anilines is 1. The molecule has 106 valence electrons. The average molecular weight is 276 g/mol. The van der Waals surface area contributed by atoms with Crippen LogP contribution in [0.2, 0.25) is 0 Å². The minimum absolute atomic E-state index is 0.0608. The van der Waals surface area contributed by atoms with Gasteiger partial charge in [-0.05, 0) is 23.8 Å². The Morgan fingerprint density at radius 2 is 1.95 bits per heavy atom. The molecule has 2 aromatic rings. The fourth-order valence-electron chi connectivity index (χ4n) is 1.81. The lowest BCUT2D eigenvalue weighted by molar-refractivity contribution is 0.186. The van der Waals surface area contributed by atoms with Crippen LogP contribution in [0.4, 0.5) is 10.1 Å². The smallest absolute Gasteiger partial charge is 0.250 e. The maximum Gasteiger partial charge on any atom is 0.250 e. The molecule has 4 nitrogen and oxygen atoms in total. The minimum atomic E-state index is -0.248. The Labute approximate surface area is 116 Å². The molecule has 5 heteroatoms. The molecule has 0 spiro atoms. The van der Waals surface area contributed by atoms with Crippen LogP contribution in [-0.2, 0) is 17.8 Å². The Morgan fingerprint density at radius 3 is 2.65 bits per heavy atom. The molecule has 2 rings (SSSR count). The third-order valence-corrected chi connectivity index (χ3v) is 2.93. The number of rotatable bonds is 6. The van der Waals surface area contributed by atoms with Gasteiger partial charge in [-0.1, -0.05) is 12.1 Å². The zero-order valence-corrected chi connectivity index (χ0v) is 11.3. The Hall–Kier alpha value is -2.14.